The van der Waals surface area contributed by atoms with Gasteiger partial charge in [0.25, 0.3) is 20.6 Å². The molecule has 6 aromatic carbocycles. The van der Waals surface area contributed by atoms with Gasteiger partial charge in [0.1, 0.15) is 42.5 Å². The van der Waals surface area contributed by atoms with Gasteiger partial charge in [0, 0.05) is 86.3 Å². The van der Waals surface area contributed by atoms with Crippen LogP contribution in [0.3, 0.4) is 0 Å². The maximum atomic E-state index is 14.1. The number of hydrogen-bond donors (Lipinski definition) is 3. The van der Waals surface area contributed by atoms with E-state index < -0.39 is 61.6 Å². The maximum Gasteiger partial charge on any atom is 0.407 e. The van der Waals surface area contributed by atoms with Crippen LogP contribution in [0.5, 0.6) is 34.5 Å². The van der Waals surface area contributed by atoms with Crippen LogP contribution in [0.25, 0.3) is 31.9 Å². The van der Waals surface area contributed by atoms with Crippen molar-refractivity contribution in [3.05, 3.63) is 177 Å². The lowest BCUT2D eigenvalue weighted by Gasteiger charge is -2.37. The minimum Gasteiger partial charge on any atom is -0.541 e. The van der Waals surface area contributed by atoms with Gasteiger partial charge >= 0.3 is 12.2 Å². The van der Waals surface area contributed by atoms with Gasteiger partial charge in [0.15, 0.2) is 33.9 Å². The molecule has 20 nitrogen and oxygen atoms in total. The Hall–Kier alpha value is -7.95. The Morgan fingerprint density at radius 1 is 0.530 bits per heavy atom. The highest BCUT2D eigenvalue weighted by molar-refractivity contribution is 6.75. The quantitative estimate of drug-likeness (QED) is 0.0191. The number of phenolic OH excluding ortho intramolecular Hbond substituents is 1. The summed E-state index contributed by atoms with van der Waals surface area (Å²) < 4.78 is 67.8. The predicted octanol–water partition coefficient (Wildman–Crippen LogP) is 20.1. The average Bonchev–Trinajstić information content (AvgIpc) is 1.68. The van der Waals surface area contributed by atoms with Gasteiger partial charge in [-0.2, -0.15) is 0 Å². The van der Waals surface area contributed by atoms with E-state index in [1.807, 2.05) is 68.4 Å². The highest BCUT2D eigenvalue weighted by atomic mass is 28.4. The van der Waals surface area contributed by atoms with Gasteiger partial charge in [0.2, 0.25) is 0 Å². The lowest BCUT2D eigenvalue weighted by Crippen LogP contribution is -2.56. The third-order valence-corrected chi connectivity index (χ3v) is 40.7. The molecule has 3 N–H and O–H groups in total. The van der Waals surface area contributed by atoms with E-state index in [4.69, 9.17) is 64.3 Å². The number of nitrogens with zero attached hydrogens (tertiary/aromatic N) is 4. The number of aromatic hydroxyl groups is 1. The summed E-state index contributed by atoms with van der Waals surface area (Å²) >= 11 is 0. The Morgan fingerprint density at radius 2 is 0.878 bits per heavy atom. The third-order valence-electron chi connectivity index (χ3n) is 25.5. The number of unbranched alkanes of at least 4 members (excludes halogenated alkanes) is 2. The molecule has 2 heterocycles. The molecule has 2 aliphatic carbocycles. The second-order valence-electron chi connectivity index (χ2n) is 34.6. The van der Waals surface area contributed by atoms with Crippen LogP contribution in [0.2, 0.25) is 53.4 Å². The number of methoxy groups -OCH3 is 4. The van der Waals surface area contributed by atoms with E-state index in [2.05, 4.69) is 181 Å². The molecule has 0 radical (unpaired) electrons. The number of carbonyl (C=O) groups excluding carboxylic acids is 2. The number of benzene rings is 6. The molecule has 0 bridgehead atoms. The van der Waals surface area contributed by atoms with Crippen LogP contribution in [0.4, 0.5) is 9.59 Å². The fraction of sp³-hybridized carbons (Fsp3) is 0.565. The number of phenols is 1. The van der Waals surface area contributed by atoms with Gasteiger partial charge in [-0.1, -0.05) is 173 Å². The fourth-order valence-corrected chi connectivity index (χ4v) is 22.9. The summed E-state index contributed by atoms with van der Waals surface area (Å²) in [6, 6.07) is 35.3. The van der Waals surface area contributed by atoms with Crippen molar-refractivity contribution in [1.82, 2.24) is 20.4 Å². The third kappa shape index (κ3) is 21.7. The molecule has 2 amide bonds. The van der Waals surface area contributed by atoms with Crippen molar-refractivity contribution in [3.8, 4) is 56.8 Å². The zero-order valence-corrected chi connectivity index (χ0v) is 75.6. The first kappa shape index (κ1) is 91.0. The summed E-state index contributed by atoms with van der Waals surface area (Å²) in [5, 5.41) is 17.1. The molecule has 10 rings (SSSR count). The molecule has 0 spiro atoms. The van der Waals surface area contributed by atoms with Crippen molar-refractivity contribution in [3.63, 3.8) is 0 Å². The zero-order chi connectivity index (χ0) is 83.7. The van der Waals surface area contributed by atoms with Crippen molar-refractivity contribution in [2.75, 3.05) is 94.3 Å². The van der Waals surface area contributed by atoms with Crippen LogP contribution >= 0.6 is 0 Å². The van der Waals surface area contributed by atoms with Gasteiger partial charge in [-0.15, -0.1) is 0 Å². The minimum atomic E-state index is -2.29. The summed E-state index contributed by atoms with van der Waals surface area (Å²) in [6.07, 6.45) is 3.44. The molecule has 0 aromatic heterocycles. The molecule has 2 saturated heterocycles. The van der Waals surface area contributed by atoms with Gasteiger partial charge in [-0.3, -0.25) is 9.69 Å². The van der Waals surface area contributed by atoms with Crippen molar-refractivity contribution >= 4 is 37.1 Å². The molecule has 626 valence electrons. The van der Waals surface area contributed by atoms with Gasteiger partial charge in [-0.05, 0) is 162 Å². The van der Waals surface area contributed by atoms with E-state index in [0.717, 1.165) is 107 Å². The maximum absolute atomic E-state index is 14.1. The lowest BCUT2D eigenvalue weighted by molar-refractivity contribution is -0.0461. The summed E-state index contributed by atoms with van der Waals surface area (Å²) in [5.41, 5.74) is 14.3. The van der Waals surface area contributed by atoms with Crippen LogP contribution in [-0.2, 0) is 40.6 Å². The van der Waals surface area contributed by atoms with Crippen molar-refractivity contribution in [2.45, 2.75) is 243 Å². The number of rotatable bonds is 36. The first-order valence-corrected chi connectivity index (χ1v) is 49.6. The molecule has 2 fully saturated rings. The van der Waals surface area contributed by atoms with E-state index in [9.17, 15) is 14.7 Å². The van der Waals surface area contributed by atoms with E-state index in [-0.39, 0.29) is 54.5 Å². The smallest absolute Gasteiger partial charge is 0.407 e. The summed E-state index contributed by atoms with van der Waals surface area (Å²) in [4.78, 5) is 40.4. The first-order chi connectivity index (χ1) is 54.8. The summed E-state index contributed by atoms with van der Waals surface area (Å²) in [5.74, 6) is 2.52. The molecule has 115 heavy (non-hydrogen) atoms. The van der Waals surface area contributed by atoms with Gasteiger partial charge < -0.3 is 66.9 Å². The Morgan fingerprint density at radius 3 is 1.22 bits per heavy atom. The van der Waals surface area contributed by atoms with Gasteiger partial charge in [0.05, 0.1) is 53.9 Å². The molecule has 2 aliphatic heterocycles. The van der Waals surface area contributed by atoms with E-state index in [1.165, 1.54) is 7.11 Å². The molecule has 0 saturated carbocycles. The van der Waals surface area contributed by atoms with Crippen LogP contribution in [0, 0.1) is 27.0 Å². The molecule has 6 atom stereocenters. The number of alkyl carbamates (subject to hydrolysis) is 2. The first-order valence-electron chi connectivity index (χ1n) is 41.6. The molecule has 4 aliphatic rings. The number of ether oxygens (including phenoxy) is 8. The van der Waals surface area contributed by atoms with E-state index >= 15 is 0 Å². The molecule has 2 unspecified atom stereocenters. The normalized spacial score (nSPS) is 17.1. The Bertz CT molecular complexity index is 4200. The largest absolute Gasteiger partial charge is 0.541 e. The number of amides is 2. The number of carbonyl (C=O) groups is 2. The fourth-order valence-electron chi connectivity index (χ4n) is 16.8. The SMILES string of the molecule is [C-]#[N+][C@H](C(Cc1cc(O)c(OC)c(C)c1OC)NC(=O)OCC1c2ccccc2-c2ccccc21)N1CCO[C@@H](CCCCO[Si](C)(C(C)C)C(C)C)C1.[C-]#[N+][C@H](C(Cc1cc(O[Si](C)(C)C(C)(C)C)c(OC)c(C)c1OC)NC(=O)OCC1c2ccccc2-c2ccccc21)N1CCO[C@@H](CCCCO[Si](C)(C(C)C)C(C)C)C1. The van der Waals surface area contributed by atoms with Crippen LogP contribution in [0.15, 0.2) is 109 Å². The van der Waals surface area contributed by atoms with Crippen LogP contribution < -0.4 is 34.0 Å². The second-order valence-corrected chi connectivity index (χ2v) is 49.3. The number of fused-ring (bicyclic) bond motifs is 6. The van der Waals surface area contributed by atoms with Crippen molar-refractivity contribution < 1.29 is 65.9 Å². The average molecular weight is 1630 g/mol. The second kappa shape index (κ2) is 41.0. The van der Waals surface area contributed by atoms with Crippen molar-refractivity contribution in [2.24, 2.45) is 0 Å². The Kier molecular flexibility index (Phi) is 32.4. The number of nitrogens with one attached hydrogen (secondary N) is 2. The number of hydrogen-bond acceptors (Lipinski definition) is 16. The Labute approximate surface area is 690 Å². The summed E-state index contributed by atoms with van der Waals surface area (Å²) in [7, 11) is 0.453. The predicted molar refractivity (Wildman–Crippen MR) is 466 cm³/mol. The Balaban J connectivity index is 0.000000265. The number of morpholine rings is 2. The van der Waals surface area contributed by atoms with Crippen molar-refractivity contribution in [1.29, 1.82) is 0 Å². The van der Waals surface area contributed by atoms with E-state index in [1.54, 1.807) is 27.4 Å². The monoisotopic (exact) mass is 1630 g/mol. The molecular formula is C92H132N6O14Si3. The van der Waals surface area contributed by atoms with Crippen LogP contribution in [0.1, 0.15) is 171 Å². The highest BCUT2D eigenvalue weighted by Crippen LogP contribution is 2.49. The zero-order valence-electron chi connectivity index (χ0n) is 72.6. The lowest BCUT2D eigenvalue weighted by atomic mass is 9.98. The molecule has 6 aromatic rings. The topological polar surface area (TPSA) is 195 Å². The van der Waals surface area contributed by atoms with E-state index in [0.29, 0.717) is 108 Å². The highest BCUT2D eigenvalue weighted by Gasteiger charge is 2.45. The molecule has 23 heteroatoms. The van der Waals surface area contributed by atoms with Gasteiger partial charge in [-0.25, -0.2) is 32.5 Å². The van der Waals surface area contributed by atoms with Crippen LogP contribution in [-0.4, -0.2) is 183 Å². The molecular weight excluding hydrogens is 1500 g/mol. The standard InChI is InChI=1S/C49H73N3O7Si2.C43H59N3O7Si/c1-33(2)61(14,34(3)4)58-27-20-19-21-37-31-52(26-28-56-37)47(50-9)43(29-36-30-44(59-60(12,13)49(6,7)8)46(55-11)35(5)45(36)54-10)51-48(53)57-32-42-40-24-17-15-22-38(40)39-23-16-18-25-41(39)42;1-28(2)54(9,29(3)4)53-22-15-14-16-32-26-46(21-23-51-32)42(44-6)38(24-31-25-39(47)41(50-8)30(5)40(31)49-7)45-43(48)52-27-37-35-19-12-10-17-33(35)34-18-11-13-20-36(34)37/h15-18,22-25,30,33-34,37,42-43,47H,19-21,26-29,31-32H2,1-8,10-14H3,(H,51,53);10-13,17-20,25,28-29,32,37-38,42,47H,14-16,21-24,26-27H2,1-5,7-9H3,(H,45,48)/t37-,43?,47-;32-,38?,42-/m00/s1. The summed E-state index contributed by atoms with van der Waals surface area (Å²) in [6.45, 7) is 59.9. The minimum absolute atomic E-state index is 0.0331.